The van der Waals surface area contributed by atoms with Gasteiger partial charge in [0.25, 0.3) is 11.6 Å². The Morgan fingerprint density at radius 2 is 1.82 bits per heavy atom. The van der Waals surface area contributed by atoms with Crippen LogP contribution in [0.2, 0.25) is 0 Å². The number of ether oxygens (including phenoxy) is 2. The molecule has 1 N–H and O–H groups in total. The summed E-state index contributed by atoms with van der Waals surface area (Å²) in [5.41, 5.74) is 1.79. The van der Waals surface area contributed by atoms with Crippen LogP contribution < -0.4 is 9.47 Å². The predicted octanol–water partition coefficient (Wildman–Crippen LogP) is 4.10. The minimum Gasteiger partial charge on any atom is -0.497 e. The third-order valence-electron chi connectivity index (χ3n) is 5.56. The SMILES string of the molecule is COc1ccc(-c2cc([N+](=O)[O-])ccc2OCC(=O)c2c[nH]c(C(=O)N3CCCC3)c2)cc1. The summed E-state index contributed by atoms with van der Waals surface area (Å²) in [6.07, 6.45) is 3.46. The average molecular weight is 449 g/mol. The second-order valence-electron chi connectivity index (χ2n) is 7.68. The average Bonchev–Trinajstić information content (AvgIpc) is 3.55. The normalized spacial score (nSPS) is 13.1. The van der Waals surface area contributed by atoms with E-state index in [0.717, 1.165) is 25.9 Å². The van der Waals surface area contributed by atoms with E-state index in [1.807, 2.05) is 0 Å². The molecule has 1 aliphatic heterocycles. The van der Waals surface area contributed by atoms with E-state index in [1.54, 1.807) is 36.3 Å². The molecule has 1 aromatic heterocycles. The Bertz CT molecular complexity index is 1180. The molecular weight excluding hydrogens is 426 g/mol. The van der Waals surface area contributed by atoms with Crippen molar-refractivity contribution in [2.75, 3.05) is 26.8 Å². The van der Waals surface area contributed by atoms with Gasteiger partial charge < -0.3 is 19.4 Å². The maximum atomic E-state index is 12.7. The monoisotopic (exact) mass is 449 g/mol. The zero-order valence-electron chi connectivity index (χ0n) is 18.1. The fourth-order valence-electron chi connectivity index (χ4n) is 3.75. The van der Waals surface area contributed by atoms with E-state index in [1.165, 1.54) is 30.5 Å². The lowest BCUT2D eigenvalue weighted by atomic mass is 10.0. The zero-order valence-corrected chi connectivity index (χ0v) is 18.1. The molecule has 0 aliphatic carbocycles. The van der Waals surface area contributed by atoms with E-state index in [-0.39, 0.29) is 24.0 Å². The number of methoxy groups -OCH3 is 1. The Hall–Kier alpha value is -4.14. The van der Waals surface area contributed by atoms with Crippen LogP contribution in [0.15, 0.2) is 54.7 Å². The van der Waals surface area contributed by atoms with Crippen molar-refractivity contribution in [3.8, 4) is 22.6 Å². The van der Waals surface area contributed by atoms with Gasteiger partial charge in [-0.3, -0.25) is 19.7 Å². The molecule has 33 heavy (non-hydrogen) atoms. The molecule has 0 unspecified atom stereocenters. The number of rotatable bonds is 8. The number of benzene rings is 2. The van der Waals surface area contributed by atoms with E-state index in [4.69, 9.17) is 9.47 Å². The number of nitro groups is 1. The van der Waals surface area contributed by atoms with Gasteiger partial charge >= 0.3 is 0 Å². The summed E-state index contributed by atoms with van der Waals surface area (Å²) < 4.78 is 10.9. The molecule has 9 heteroatoms. The maximum Gasteiger partial charge on any atom is 0.270 e. The molecule has 170 valence electrons. The number of carbonyl (C=O) groups is 2. The van der Waals surface area contributed by atoms with Crippen molar-refractivity contribution >= 4 is 17.4 Å². The number of hydrogen-bond donors (Lipinski definition) is 1. The Kier molecular flexibility index (Phi) is 6.39. The van der Waals surface area contributed by atoms with Gasteiger partial charge in [0, 0.05) is 42.5 Å². The molecule has 0 spiro atoms. The van der Waals surface area contributed by atoms with Crippen LogP contribution in [0, 0.1) is 10.1 Å². The number of aromatic amines is 1. The molecule has 1 saturated heterocycles. The Morgan fingerprint density at radius 3 is 2.48 bits per heavy atom. The number of ketones is 1. The lowest BCUT2D eigenvalue weighted by Gasteiger charge is -2.13. The Balaban J connectivity index is 1.51. The number of amides is 1. The number of nitrogens with one attached hydrogen (secondary N) is 1. The van der Waals surface area contributed by atoms with E-state index >= 15 is 0 Å². The minimum atomic E-state index is -0.485. The van der Waals surface area contributed by atoms with Crippen LogP contribution in [-0.4, -0.2) is 53.3 Å². The van der Waals surface area contributed by atoms with E-state index in [9.17, 15) is 19.7 Å². The number of nitrogens with zero attached hydrogens (tertiary/aromatic N) is 2. The first-order valence-electron chi connectivity index (χ1n) is 10.5. The number of likely N-dealkylation sites (tertiary alicyclic amines) is 1. The molecule has 0 atom stereocenters. The molecule has 0 radical (unpaired) electrons. The summed E-state index contributed by atoms with van der Waals surface area (Å²) >= 11 is 0. The van der Waals surface area contributed by atoms with Gasteiger partial charge in [-0.15, -0.1) is 0 Å². The molecule has 3 aromatic rings. The third kappa shape index (κ3) is 4.87. The van der Waals surface area contributed by atoms with Crippen molar-refractivity contribution in [3.05, 3.63) is 76.1 Å². The molecule has 4 rings (SSSR count). The number of non-ortho nitro benzene ring substituents is 1. The van der Waals surface area contributed by atoms with Gasteiger partial charge in [0.2, 0.25) is 5.78 Å². The molecule has 1 fully saturated rings. The van der Waals surface area contributed by atoms with E-state index in [2.05, 4.69) is 4.98 Å². The summed E-state index contributed by atoms with van der Waals surface area (Å²) in [7, 11) is 1.55. The van der Waals surface area contributed by atoms with Crippen molar-refractivity contribution in [1.29, 1.82) is 0 Å². The van der Waals surface area contributed by atoms with E-state index in [0.29, 0.717) is 33.9 Å². The smallest absolute Gasteiger partial charge is 0.270 e. The highest BCUT2D eigenvalue weighted by molar-refractivity contribution is 6.01. The van der Waals surface area contributed by atoms with Gasteiger partial charge in [0.1, 0.15) is 17.2 Å². The lowest BCUT2D eigenvalue weighted by Crippen LogP contribution is -2.27. The fourth-order valence-corrected chi connectivity index (χ4v) is 3.75. The summed E-state index contributed by atoms with van der Waals surface area (Å²) in [6.45, 7) is 1.16. The van der Waals surface area contributed by atoms with Crippen LogP contribution in [-0.2, 0) is 0 Å². The second kappa shape index (κ2) is 9.56. The van der Waals surface area contributed by atoms with Gasteiger partial charge in [-0.2, -0.15) is 0 Å². The Labute approximate surface area is 190 Å². The first-order chi connectivity index (χ1) is 16.0. The largest absolute Gasteiger partial charge is 0.497 e. The van der Waals surface area contributed by atoms with Crippen molar-refractivity contribution in [3.63, 3.8) is 0 Å². The van der Waals surface area contributed by atoms with Crippen LogP contribution in [0.25, 0.3) is 11.1 Å². The van der Waals surface area contributed by atoms with Crippen LogP contribution >= 0.6 is 0 Å². The summed E-state index contributed by atoms with van der Waals surface area (Å²) in [4.78, 5) is 40.6. The van der Waals surface area contributed by atoms with Gasteiger partial charge in [-0.05, 0) is 42.7 Å². The van der Waals surface area contributed by atoms with Crippen molar-refractivity contribution < 1.29 is 24.0 Å². The van der Waals surface area contributed by atoms with E-state index < -0.39 is 4.92 Å². The quantitative estimate of drug-likeness (QED) is 0.315. The highest BCUT2D eigenvalue weighted by atomic mass is 16.6. The molecular formula is C24H23N3O6. The maximum absolute atomic E-state index is 12.7. The van der Waals surface area contributed by atoms with Crippen LogP contribution in [0.5, 0.6) is 11.5 Å². The summed E-state index contributed by atoms with van der Waals surface area (Å²) in [5.74, 6) is 0.548. The number of Topliss-reactive ketones (excluding diaryl/α,β-unsaturated/α-hetero) is 1. The molecule has 0 bridgehead atoms. The number of carbonyl (C=O) groups excluding carboxylic acids is 2. The first-order valence-corrected chi connectivity index (χ1v) is 10.5. The topological polar surface area (TPSA) is 115 Å². The lowest BCUT2D eigenvalue weighted by molar-refractivity contribution is -0.384. The van der Waals surface area contributed by atoms with Crippen LogP contribution in [0.4, 0.5) is 5.69 Å². The number of H-pyrrole nitrogens is 1. The molecule has 1 aliphatic rings. The van der Waals surface area contributed by atoms with Gasteiger partial charge in [0.05, 0.1) is 12.0 Å². The van der Waals surface area contributed by atoms with Gasteiger partial charge in [-0.1, -0.05) is 12.1 Å². The van der Waals surface area contributed by atoms with Gasteiger partial charge in [-0.25, -0.2) is 0 Å². The number of hydrogen-bond acceptors (Lipinski definition) is 6. The Morgan fingerprint density at radius 1 is 1.09 bits per heavy atom. The van der Waals surface area contributed by atoms with Crippen LogP contribution in [0.3, 0.4) is 0 Å². The first kappa shape index (κ1) is 22.1. The molecule has 9 nitrogen and oxygen atoms in total. The summed E-state index contributed by atoms with van der Waals surface area (Å²) in [6, 6.07) is 12.7. The summed E-state index contributed by atoms with van der Waals surface area (Å²) in [5, 5.41) is 11.3. The van der Waals surface area contributed by atoms with Crippen LogP contribution in [0.1, 0.15) is 33.7 Å². The number of aromatic nitrogens is 1. The molecule has 1 amide bonds. The molecule has 2 aromatic carbocycles. The molecule has 0 saturated carbocycles. The van der Waals surface area contributed by atoms with Crippen molar-refractivity contribution in [2.45, 2.75) is 12.8 Å². The van der Waals surface area contributed by atoms with Crippen molar-refractivity contribution in [2.24, 2.45) is 0 Å². The van der Waals surface area contributed by atoms with Gasteiger partial charge in [0.15, 0.2) is 6.61 Å². The van der Waals surface area contributed by atoms with Crippen molar-refractivity contribution in [1.82, 2.24) is 9.88 Å². The number of nitro benzene ring substituents is 1. The second-order valence-corrected chi connectivity index (χ2v) is 7.68. The highest BCUT2D eigenvalue weighted by Gasteiger charge is 2.22. The minimum absolute atomic E-state index is 0.0878. The predicted molar refractivity (Wildman–Crippen MR) is 121 cm³/mol. The molecule has 2 heterocycles. The standard InChI is InChI=1S/C24H23N3O6/c1-32-19-7-4-16(5-8-19)20-13-18(27(30)31)6-9-23(20)33-15-22(28)17-12-21(25-14-17)24(29)26-10-2-3-11-26/h4-9,12-14,25H,2-3,10-11,15H2,1H3. The third-order valence-corrected chi connectivity index (χ3v) is 5.56. The highest BCUT2D eigenvalue weighted by Crippen LogP contribution is 2.34. The zero-order chi connectivity index (χ0) is 23.4. The fraction of sp³-hybridized carbons (Fsp3) is 0.250.